The Balaban J connectivity index is 1.42. The fourth-order valence-corrected chi connectivity index (χ4v) is 4.57. The summed E-state index contributed by atoms with van der Waals surface area (Å²) < 4.78 is 19.3. The second kappa shape index (κ2) is 8.84. The van der Waals surface area contributed by atoms with Crippen LogP contribution in [0.15, 0.2) is 60.0 Å². The average molecular weight is 411 g/mol. The minimum Gasteiger partial charge on any atom is -0.381 e. The first-order valence-corrected chi connectivity index (χ1v) is 10.6. The maximum atomic E-state index is 13.8. The molecule has 2 heterocycles. The summed E-state index contributed by atoms with van der Waals surface area (Å²) in [5.41, 5.74) is 2.43. The molecule has 0 atom stereocenters. The molecule has 0 radical (unpaired) electrons. The Labute approximate surface area is 173 Å². The van der Waals surface area contributed by atoms with Crippen LogP contribution >= 0.6 is 11.3 Å². The molecule has 150 valence electrons. The van der Waals surface area contributed by atoms with E-state index in [0.717, 1.165) is 34.7 Å². The van der Waals surface area contributed by atoms with Crippen LogP contribution in [-0.4, -0.2) is 30.6 Å². The van der Waals surface area contributed by atoms with E-state index in [0.29, 0.717) is 19.8 Å². The van der Waals surface area contributed by atoms with E-state index in [1.165, 1.54) is 17.4 Å². The van der Waals surface area contributed by atoms with Crippen LogP contribution in [0.3, 0.4) is 0 Å². The molecule has 1 N–H and O–H groups in total. The number of thiazole rings is 1. The Hall–Kier alpha value is -2.57. The summed E-state index contributed by atoms with van der Waals surface area (Å²) in [4.78, 5) is 17.2. The lowest BCUT2D eigenvalue weighted by Gasteiger charge is -2.38. The molecule has 0 spiro atoms. The number of carbonyl (C=O) groups excluding carboxylic acids is 1. The average Bonchev–Trinajstić information content (AvgIpc) is 3.22. The van der Waals surface area contributed by atoms with Crippen molar-refractivity contribution in [2.75, 3.05) is 19.8 Å². The van der Waals surface area contributed by atoms with Crippen molar-refractivity contribution < 1.29 is 13.9 Å². The van der Waals surface area contributed by atoms with Gasteiger partial charge in [-0.3, -0.25) is 4.79 Å². The minimum atomic E-state index is -0.298. The number of benzene rings is 2. The summed E-state index contributed by atoms with van der Waals surface area (Å²) in [5, 5.41) is 5.90. The molecule has 29 heavy (non-hydrogen) atoms. The number of hydrogen-bond donors (Lipinski definition) is 1. The van der Waals surface area contributed by atoms with Crippen LogP contribution in [0.5, 0.6) is 0 Å². The van der Waals surface area contributed by atoms with E-state index < -0.39 is 0 Å². The molecular formula is C23H23FN2O2S. The van der Waals surface area contributed by atoms with Gasteiger partial charge in [0.15, 0.2) is 0 Å². The van der Waals surface area contributed by atoms with Crippen LogP contribution in [-0.2, 0) is 21.4 Å². The lowest BCUT2D eigenvalue weighted by atomic mass is 9.74. The first-order chi connectivity index (χ1) is 14.1. The van der Waals surface area contributed by atoms with Gasteiger partial charge in [0.05, 0.1) is 12.1 Å². The molecule has 0 aliphatic carbocycles. The molecule has 1 aliphatic heterocycles. The molecule has 1 aliphatic rings. The van der Waals surface area contributed by atoms with E-state index in [1.807, 2.05) is 41.8 Å². The lowest BCUT2D eigenvalue weighted by molar-refractivity contribution is -0.121. The number of amides is 1. The zero-order valence-corrected chi connectivity index (χ0v) is 16.9. The van der Waals surface area contributed by atoms with Crippen LogP contribution < -0.4 is 5.32 Å². The van der Waals surface area contributed by atoms with Gasteiger partial charge in [0.2, 0.25) is 5.91 Å². The number of halogens is 1. The zero-order valence-electron chi connectivity index (χ0n) is 16.1. The second-order valence-corrected chi connectivity index (χ2v) is 8.22. The third-order valence-electron chi connectivity index (χ3n) is 5.43. The van der Waals surface area contributed by atoms with Crippen LogP contribution in [0.25, 0.3) is 10.6 Å². The van der Waals surface area contributed by atoms with E-state index in [9.17, 15) is 9.18 Å². The minimum absolute atomic E-state index is 0.0721. The highest BCUT2D eigenvalue weighted by molar-refractivity contribution is 7.13. The highest BCUT2D eigenvalue weighted by Gasteiger charge is 2.35. The largest absolute Gasteiger partial charge is 0.381 e. The highest BCUT2D eigenvalue weighted by Crippen LogP contribution is 2.34. The van der Waals surface area contributed by atoms with Gasteiger partial charge in [-0.1, -0.05) is 42.5 Å². The molecule has 3 aromatic rings. The van der Waals surface area contributed by atoms with Gasteiger partial charge < -0.3 is 10.1 Å². The van der Waals surface area contributed by atoms with Gasteiger partial charge in [0.1, 0.15) is 10.8 Å². The Morgan fingerprint density at radius 1 is 1.14 bits per heavy atom. The van der Waals surface area contributed by atoms with Crippen LogP contribution in [0.1, 0.15) is 24.1 Å². The Bertz CT molecular complexity index is 968. The smallest absolute Gasteiger partial charge is 0.226 e. The molecule has 1 aromatic heterocycles. The summed E-state index contributed by atoms with van der Waals surface area (Å²) in [6.45, 7) is 1.69. The van der Waals surface area contributed by atoms with Crippen molar-refractivity contribution in [3.05, 3.63) is 77.1 Å². The number of rotatable bonds is 6. The van der Waals surface area contributed by atoms with E-state index in [1.54, 1.807) is 12.1 Å². The number of ether oxygens (including phenoxy) is 1. The molecule has 4 rings (SSSR count). The molecule has 1 saturated heterocycles. The van der Waals surface area contributed by atoms with Gasteiger partial charge in [0.25, 0.3) is 0 Å². The van der Waals surface area contributed by atoms with Crippen LogP contribution in [0.2, 0.25) is 0 Å². The van der Waals surface area contributed by atoms with Gasteiger partial charge in [-0.15, -0.1) is 11.3 Å². The monoisotopic (exact) mass is 410 g/mol. The van der Waals surface area contributed by atoms with Gasteiger partial charge in [0, 0.05) is 36.1 Å². The van der Waals surface area contributed by atoms with Gasteiger partial charge in [-0.25, -0.2) is 9.37 Å². The molecular weight excluding hydrogens is 387 g/mol. The van der Waals surface area contributed by atoms with Crippen molar-refractivity contribution in [2.45, 2.75) is 24.7 Å². The number of carbonyl (C=O) groups is 1. The van der Waals surface area contributed by atoms with Crippen molar-refractivity contribution in [1.82, 2.24) is 10.3 Å². The third kappa shape index (κ3) is 4.71. The molecule has 1 amide bonds. The number of aromatic nitrogens is 1. The van der Waals surface area contributed by atoms with Crippen molar-refractivity contribution in [3.63, 3.8) is 0 Å². The summed E-state index contributed by atoms with van der Waals surface area (Å²) in [7, 11) is 0. The Morgan fingerprint density at radius 2 is 1.93 bits per heavy atom. The summed E-state index contributed by atoms with van der Waals surface area (Å²) in [5.74, 6) is -0.326. The first-order valence-electron chi connectivity index (χ1n) is 9.75. The van der Waals surface area contributed by atoms with Gasteiger partial charge in [-0.05, 0) is 30.5 Å². The van der Waals surface area contributed by atoms with Crippen molar-refractivity contribution in [1.29, 1.82) is 0 Å². The molecule has 2 aromatic carbocycles. The normalized spacial score (nSPS) is 15.8. The molecule has 0 bridgehead atoms. The standard InChI is InChI=1S/C23H23FN2O2S/c24-19-8-4-7-18(13-19)23(9-11-28-12-10-23)16-25-21(27)14-20-15-29-22(26-20)17-5-2-1-3-6-17/h1-8,13,15H,9-12,14,16H2,(H,25,27). The molecule has 0 unspecified atom stereocenters. The van der Waals surface area contributed by atoms with Crippen molar-refractivity contribution in [3.8, 4) is 10.6 Å². The molecule has 4 nitrogen and oxygen atoms in total. The maximum Gasteiger partial charge on any atom is 0.226 e. The predicted octanol–water partition coefficient (Wildman–Crippen LogP) is 4.36. The van der Waals surface area contributed by atoms with Crippen LogP contribution in [0.4, 0.5) is 4.39 Å². The molecule has 0 saturated carbocycles. The third-order valence-corrected chi connectivity index (χ3v) is 6.37. The fraction of sp³-hybridized carbons (Fsp3) is 0.304. The Morgan fingerprint density at radius 3 is 2.69 bits per heavy atom. The Kier molecular flexibility index (Phi) is 6.02. The van der Waals surface area contributed by atoms with E-state index in [4.69, 9.17) is 4.74 Å². The topological polar surface area (TPSA) is 51.2 Å². The quantitative estimate of drug-likeness (QED) is 0.657. The fourth-order valence-electron chi connectivity index (χ4n) is 3.74. The van der Waals surface area contributed by atoms with Crippen LogP contribution in [0, 0.1) is 5.82 Å². The van der Waals surface area contributed by atoms with E-state index >= 15 is 0 Å². The zero-order chi connectivity index (χ0) is 20.1. The first kappa shape index (κ1) is 19.7. The number of nitrogens with one attached hydrogen (secondary N) is 1. The molecule has 1 fully saturated rings. The maximum absolute atomic E-state index is 13.8. The number of nitrogens with zero attached hydrogens (tertiary/aromatic N) is 1. The number of hydrogen-bond acceptors (Lipinski definition) is 4. The summed E-state index contributed by atoms with van der Waals surface area (Å²) in [6, 6.07) is 16.6. The predicted molar refractivity (Wildman–Crippen MR) is 112 cm³/mol. The van der Waals surface area contributed by atoms with Gasteiger partial charge in [-0.2, -0.15) is 0 Å². The lowest BCUT2D eigenvalue weighted by Crippen LogP contribution is -2.45. The second-order valence-electron chi connectivity index (χ2n) is 7.37. The van der Waals surface area contributed by atoms with Crippen molar-refractivity contribution in [2.24, 2.45) is 0 Å². The van der Waals surface area contributed by atoms with Gasteiger partial charge >= 0.3 is 0 Å². The summed E-state index contributed by atoms with van der Waals surface area (Å²) >= 11 is 1.54. The van der Waals surface area contributed by atoms with E-state index in [-0.39, 0.29) is 23.6 Å². The summed E-state index contributed by atoms with van der Waals surface area (Å²) in [6.07, 6.45) is 1.75. The van der Waals surface area contributed by atoms with E-state index in [2.05, 4.69) is 10.3 Å². The highest BCUT2D eigenvalue weighted by atomic mass is 32.1. The molecule has 6 heteroatoms. The SMILES string of the molecule is O=C(Cc1csc(-c2ccccc2)n1)NCC1(c2cccc(F)c2)CCOCC1. The van der Waals surface area contributed by atoms with Crippen molar-refractivity contribution >= 4 is 17.2 Å².